The average molecular weight is 473 g/mol. The zero-order chi connectivity index (χ0) is 23.7. The Bertz CT molecular complexity index is 1090. The number of sulfonamides is 1. The molecule has 1 N–H and O–H groups in total. The molecule has 1 aliphatic rings. The number of hydrogen-bond acceptors (Lipinski definition) is 6. The molecule has 32 heavy (non-hydrogen) atoms. The van der Waals surface area contributed by atoms with Gasteiger partial charge in [0.2, 0.25) is 10.0 Å². The van der Waals surface area contributed by atoms with E-state index in [1.807, 2.05) is 0 Å². The minimum absolute atomic E-state index is 0.0680. The van der Waals surface area contributed by atoms with Crippen molar-refractivity contribution in [1.82, 2.24) is 9.29 Å². The van der Waals surface area contributed by atoms with E-state index in [4.69, 9.17) is 9.84 Å². The molecule has 3 rings (SSSR count). The van der Waals surface area contributed by atoms with E-state index in [1.54, 1.807) is 11.8 Å². The van der Waals surface area contributed by atoms with Crippen LogP contribution < -0.4 is 9.64 Å². The first-order valence-electron chi connectivity index (χ1n) is 9.62. The topological polar surface area (TPSA) is 100 Å². The van der Waals surface area contributed by atoms with Crippen LogP contribution in [0.2, 0.25) is 0 Å². The Balaban J connectivity index is 1.82. The Morgan fingerprint density at radius 3 is 2.50 bits per heavy atom. The van der Waals surface area contributed by atoms with Crippen molar-refractivity contribution in [3.8, 4) is 5.75 Å². The molecule has 174 valence electrons. The van der Waals surface area contributed by atoms with Gasteiger partial charge in [-0.05, 0) is 36.8 Å². The minimum atomic E-state index is -4.49. The Morgan fingerprint density at radius 1 is 1.25 bits per heavy atom. The summed E-state index contributed by atoms with van der Waals surface area (Å²) in [5.41, 5.74) is -0.541. The van der Waals surface area contributed by atoms with E-state index in [0.717, 1.165) is 12.3 Å². The van der Waals surface area contributed by atoms with Gasteiger partial charge in [-0.25, -0.2) is 13.4 Å². The van der Waals surface area contributed by atoms with Crippen molar-refractivity contribution in [3.05, 3.63) is 47.7 Å². The van der Waals surface area contributed by atoms with Gasteiger partial charge >= 0.3 is 12.1 Å². The third kappa shape index (κ3) is 4.96. The van der Waals surface area contributed by atoms with Crippen LogP contribution in [0.15, 0.2) is 41.4 Å². The monoisotopic (exact) mass is 473 g/mol. The maximum absolute atomic E-state index is 13.4. The molecule has 2 heterocycles. The molecule has 8 nitrogen and oxygen atoms in total. The van der Waals surface area contributed by atoms with Gasteiger partial charge in [-0.15, -0.1) is 0 Å². The molecule has 1 aliphatic heterocycles. The van der Waals surface area contributed by atoms with Gasteiger partial charge in [0, 0.05) is 31.9 Å². The molecule has 12 heteroatoms. The molecule has 1 saturated heterocycles. The summed E-state index contributed by atoms with van der Waals surface area (Å²) in [6.07, 6.45) is -4.07. The molecule has 0 aliphatic carbocycles. The number of ether oxygens (including phenoxy) is 1. The van der Waals surface area contributed by atoms with E-state index in [2.05, 4.69) is 4.98 Å². The van der Waals surface area contributed by atoms with Crippen molar-refractivity contribution in [1.29, 1.82) is 0 Å². The molecular formula is C20H22F3N3O5S. The predicted molar refractivity (Wildman–Crippen MR) is 109 cm³/mol. The quantitative estimate of drug-likeness (QED) is 0.689. The Hall–Kier alpha value is -2.86. The molecule has 0 amide bonds. The minimum Gasteiger partial charge on any atom is -0.495 e. The molecule has 1 fully saturated rings. The molecular weight excluding hydrogens is 451 g/mol. The number of aliphatic carboxylic acids is 1. The van der Waals surface area contributed by atoms with Gasteiger partial charge in [0.25, 0.3) is 0 Å². The average Bonchev–Trinajstić information content (AvgIpc) is 2.72. The largest absolute Gasteiger partial charge is 0.495 e. The number of carboxylic acid groups (broad SMARTS) is 1. The number of carbonyl (C=O) groups is 1. The summed E-state index contributed by atoms with van der Waals surface area (Å²) in [7, 11) is -2.70. The van der Waals surface area contributed by atoms with Crippen LogP contribution in [0.5, 0.6) is 5.75 Å². The number of aromatic nitrogens is 1. The van der Waals surface area contributed by atoms with Crippen LogP contribution in [-0.4, -0.2) is 61.6 Å². The highest BCUT2D eigenvalue weighted by molar-refractivity contribution is 7.89. The number of nitrogens with zero attached hydrogens (tertiary/aromatic N) is 3. The van der Waals surface area contributed by atoms with Crippen LogP contribution in [0.4, 0.5) is 19.0 Å². The molecule has 1 unspecified atom stereocenters. The number of alkyl halides is 3. The van der Waals surface area contributed by atoms with E-state index in [1.165, 1.54) is 35.7 Å². The lowest BCUT2D eigenvalue weighted by Gasteiger charge is -2.39. The number of methoxy groups -OCH3 is 1. The summed E-state index contributed by atoms with van der Waals surface area (Å²) in [5.74, 6) is -0.675. The van der Waals surface area contributed by atoms with Crippen LogP contribution in [0.25, 0.3) is 0 Å². The molecule has 0 bridgehead atoms. The summed E-state index contributed by atoms with van der Waals surface area (Å²) in [4.78, 5) is 16.5. The molecule has 1 aromatic heterocycles. The van der Waals surface area contributed by atoms with Gasteiger partial charge in [-0.1, -0.05) is 6.07 Å². The lowest BCUT2D eigenvalue weighted by Crippen LogP contribution is -2.54. The Kier molecular flexibility index (Phi) is 6.65. The molecule has 2 aromatic rings. The van der Waals surface area contributed by atoms with Gasteiger partial charge in [0.1, 0.15) is 16.5 Å². The van der Waals surface area contributed by atoms with E-state index in [9.17, 15) is 26.4 Å². The van der Waals surface area contributed by atoms with Crippen LogP contribution in [0.3, 0.4) is 0 Å². The van der Waals surface area contributed by atoms with Crippen molar-refractivity contribution in [3.63, 3.8) is 0 Å². The lowest BCUT2D eigenvalue weighted by atomic mass is 10.1. The van der Waals surface area contributed by atoms with Gasteiger partial charge in [0.05, 0.1) is 19.1 Å². The van der Waals surface area contributed by atoms with Crippen molar-refractivity contribution < 1.29 is 36.2 Å². The van der Waals surface area contributed by atoms with Gasteiger partial charge < -0.3 is 14.7 Å². The first kappa shape index (κ1) is 23.8. The normalized spacial score (nSPS) is 17.9. The molecule has 0 spiro atoms. The van der Waals surface area contributed by atoms with Crippen molar-refractivity contribution in [2.75, 3.05) is 31.6 Å². The first-order valence-corrected chi connectivity index (χ1v) is 11.1. The number of piperazine rings is 1. The summed E-state index contributed by atoms with van der Waals surface area (Å²) in [6, 6.07) is 5.87. The highest BCUT2D eigenvalue weighted by atomic mass is 32.2. The number of pyridine rings is 1. The van der Waals surface area contributed by atoms with Crippen molar-refractivity contribution >= 4 is 21.8 Å². The van der Waals surface area contributed by atoms with Gasteiger partial charge in [-0.2, -0.15) is 17.5 Å². The summed E-state index contributed by atoms with van der Waals surface area (Å²) in [6.45, 7) is 2.19. The van der Waals surface area contributed by atoms with E-state index >= 15 is 0 Å². The lowest BCUT2D eigenvalue weighted by molar-refractivity contribution is -0.138. The summed E-state index contributed by atoms with van der Waals surface area (Å²) < 4.78 is 71.4. The highest BCUT2D eigenvalue weighted by Gasteiger charge is 2.36. The van der Waals surface area contributed by atoms with Crippen LogP contribution in [0, 0.1) is 0 Å². The van der Waals surface area contributed by atoms with E-state index in [0.29, 0.717) is 11.4 Å². The predicted octanol–water partition coefficient (Wildman–Crippen LogP) is 2.64. The number of halogens is 3. The third-order valence-electron chi connectivity index (χ3n) is 5.14. The Morgan fingerprint density at radius 2 is 1.97 bits per heavy atom. The zero-order valence-electron chi connectivity index (χ0n) is 17.3. The number of benzene rings is 1. The summed E-state index contributed by atoms with van der Waals surface area (Å²) >= 11 is 0. The van der Waals surface area contributed by atoms with Gasteiger partial charge in [0.15, 0.2) is 0 Å². The van der Waals surface area contributed by atoms with E-state index < -0.39 is 33.8 Å². The number of rotatable bonds is 6. The fourth-order valence-corrected chi connectivity index (χ4v) is 5.40. The smallest absolute Gasteiger partial charge is 0.417 e. The number of hydrogen-bond donors (Lipinski definition) is 1. The van der Waals surface area contributed by atoms with E-state index in [-0.39, 0.29) is 36.7 Å². The molecule has 1 aromatic carbocycles. The second-order valence-corrected chi connectivity index (χ2v) is 9.23. The van der Waals surface area contributed by atoms with Crippen LogP contribution >= 0.6 is 0 Å². The van der Waals surface area contributed by atoms with Crippen LogP contribution in [0.1, 0.15) is 18.1 Å². The Labute approximate surface area is 183 Å². The summed E-state index contributed by atoms with van der Waals surface area (Å²) in [5, 5.41) is 9.01. The molecule has 1 atom stereocenters. The zero-order valence-corrected chi connectivity index (χ0v) is 18.2. The fraction of sp³-hybridized carbons (Fsp3) is 0.400. The van der Waals surface area contributed by atoms with Gasteiger partial charge in [-0.3, -0.25) is 4.79 Å². The van der Waals surface area contributed by atoms with Crippen molar-refractivity contribution in [2.24, 2.45) is 0 Å². The van der Waals surface area contributed by atoms with Crippen molar-refractivity contribution in [2.45, 2.75) is 30.5 Å². The molecule has 0 saturated carbocycles. The highest BCUT2D eigenvalue weighted by Crippen LogP contribution is 2.32. The standard InChI is InChI=1S/C20H22F3N3O5S/c1-13-12-25(18-6-4-15(11-24-18)20(21,22)23)7-8-26(13)32(29,30)17-9-14(10-19(27)28)3-5-16(17)31-2/h3-6,9,11,13H,7-8,10,12H2,1-2H3,(H,27,28). The molecule has 0 radical (unpaired) electrons. The fourth-order valence-electron chi connectivity index (χ4n) is 3.58. The second kappa shape index (κ2) is 8.94. The van der Waals surface area contributed by atoms with Crippen LogP contribution in [-0.2, 0) is 27.4 Å². The maximum Gasteiger partial charge on any atom is 0.417 e. The second-order valence-electron chi connectivity index (χ2n) is 7.37. The SMILES string of the molecule is COc1ccc(CC(=O)O)cc1S(=O)(=O)N1CCN(c2ccc(C(F)(F)F)cn2)CC1C. The maximum atomic E-state index is 13.4. The number of anilines is 1. The number of carboxylic acids is 1. The first-order chi connectivity index (χ1) is 14.9. The third-order valence-corrected chi connectivity index (χ3v) is 7.17.